The molecular weight excluding hydrogens is 393 g/mol. The Morgan fingerprint density at radius 3 is 2.71 bits per heavy atom. The van der Waals surface area contributed by atoms with E-state index in [0.717, 1.165) is 35.0 Å². The van der Waals surface area contributed by atoms with Gasteiger partial charge in [-0.15, -0.1) is 0 Å². The van der Waals surface area contributed by atoms with Crippen LogP contribution in [0.3, 0.4) is 0 Å². The van der Waals surface area contributed by atoms with Crippen molar-refractivity contribution in [1.29, 1.82) is 0 Å². The number of hydrogen-bond acceptors (Lipinski definition) is 3. The van der Waals surface area contributed by atoms with Crippen LogP contribution < -0.4 is 0 Å². The van der Waals surface area contributed by atoms with E-state index in [0.29, 0.717) is 6.42 Å². The Balaban J connectivity index is 1.73. The van der Waals surface area contributed by atoms with Crippen LogP contribution in [0.4, 0.5) is 4.39 Å². The Bertz CT molecular complexity index is 1190. The van der Waals surface area contributed by atoms with Gasteiger partial charge in [0.2, 0.25) is 0 Å². The highest BCUT2D eigenvalue weighted by Crippen LogP contribution is 2.44. The predicted molar refractivity (Wildman–Crippen MR) is 119 cm³/mol. The maximum atomic E-state index is 13.7. The molecule has 1 aromatic heterocycles. The van der Waals surface area contributed by atoms with Crippen molar-refractivity contribution in [2.45, 2.75) is 57.3 Å². The number of aromatic nitrogens is 1. The van der Waals surface area contributed by atoms with E-state index in [-0.39, 0.29) is 23.7 Å². The van der Waals surface area contributed by atoms with Gasteiger partial charge in [0, 0.05) is 22.9 Å². The standard InChI is InChI=1S/C26H26FNO3/c1-26(2)13-12-17-4-3-5-21-24(16-6-8-18(27)9-7-16)22(28(26)25(17)21)11-10-20-14-19(29)15-23(30)31-20/h3-11,19-20,29H,12-15H2,1-2H3. The van der Waals surface area contributed by atoms with Gasteiger partial charge in [-0.1, -0.05) is 30.3 Å². The Labute approximate surface area is 181 Å². The fraction of sp³-hybridized carbons (Fsp3) is 0.346. The molecule has 1 saturated heterocycles. The fourth-order valence-electron chi connectivity index (χ4n) is 5.01. The van der Waals surface area contributed by atoms with Gasteiger partial charge in [-0.05, 0) is 62.1 Å². The first-order valence-electron chi connectivity index (χ1n) is 10.8. The van der Waals surface area contributed by atoms with Gasteiger partial charge in [-0.2, -0.15) is 0 Å². The van der Waals surface area contributed by atoms with Crippen molar-refractivity contribution in [2.24, 2.45) is 0 Å². The van der Waals surface area contributed by atoms with Crippen LogP contribution in [-0.2, 0) is 21.5 Å². The molecule has 5 rings (SSSR count). The first kappa shape index (κ1) is 20.0. The first-order chi connectivity index (χ1) is 14.8. The number of cyclic esters (lactones) is 1. The van der Waals surface area contributed by atoms with Crippen LogP contribution in [0.5, 0.6) is 0 Å². The second-order valence-electron chi connectivity index (χ2n) is 9.21. The van der Waals surface area contributed by atoms with Crippen molar-refractivity contribution in [2.75, 3.05) is 0 Å². The lowest BCUT2D eigenvalue weighted by Gasteiger charge is -2.34. The lowest BCUT2D eigenvalue weighted by molar-refractivity contribution is -0.156. The van der Waals surface area contributed by atoms with Crippen LogP contribution in [0.15, 0.2) is 48.5 Å². The van der Waals surface area contributed by atoms with E-state index in [4.69, 9.17) is 4.74 Å². The quantitative estimate of drug-likeness (QED) is 0.593. The molecule has 5 heteroatoms. The zero-order chi connectivity index (χ0) is 21.8. The number of benzene rings is 2. The van der Waals surface area contributed by atoms with E-state index in [2.05, 4.69) is 36.6 Å². The van der Waals surface area contributed by atoms with Crippen LogP contribution in [0.25, 0.3) is 28.1 Å². The number of rotatable bonds is 3. The molecule has 3 heterocycles. The number of esters is 1. The highest BCUT2D eigenvalue weighted by Gasteiger charge is 2.33. The Morgan fingerprint density at radius 1 is 1.19 bits per heavy atom. The topological polar surface area (TPSA) is 51.5 Å². The van der Waals surface area contributed by atoms with Gasteiger partial charge in [0.15, 0.2) is 0 Å². The summed E-state index contributed by atoms with van der Waals surface area (Å²) in [4.78, 5) is 11.8. The molecule has 0 amide bonds. The molecule has 0 saturated carbocycles. The SMILES string of the molecule is CC1(C)CCc2cccc3c(-c4ccc(F)cc4)c(C=CC4CC(O)CC(=O)O4)n1c23. The maximum Gasteiger partial charge on any atom is 0.309 e. The van der Waals surface area contributed by atoms with E-state index in [1.807, 2.05) is 24.3 Å². The maximum absolute atomic E-state index is 13.7. The number of ether oxygens (including phenoxy) is 1. The molecule has 0 aliphatic carbocycles. The third-order valence-corrected chi connectivity index (χ3v) is 6.51. The molecule has 3 aromatic rings. The molecular formula is C26H26FNO3. The van der Waals surface area contributed by atoms with E-state index in [1.165, 1.54) is 23.2 Å². The van der Waals surface area contributed by atoms with E-state index < -0.39 is 12.2 Å². The lowest BCUT2D eigenvalue weighted by atomic mass is 9.90. The third kappa shape index (κ3) is 3.47. The molecule has 1 N–H and O–H groups in total. The summed E-state index contributed by atoms with van der Waals surface area (Å²) in [5.41, 5.74) is 5.41. The minimum Gasteiger partial charge on any atom is -0.458 e. The molecule has 2 aliphatic rings. The van der Waals surface area contributed by atoms with Crippen molar-refractivity contribution >= 4 is 22.9 Å². The van der Waals surface area contributed by atoms with E-state index >= 15 is 0 Å². The molecule has 31 heavy (non-hydrogen) atoms. The summed E-state index contributed by atoms with van der Waals surface area (Å²) in [6, 6.07) is 13.0. The van der Waals surface area contributed by atoms with Gasteiger partial charge in [-0.25, -0.2) is 4.39 Å². The van der Waals surface area contributed by atoms with Crippen molar-refractivity contribution in [3.63, 3.8) is 0 Å². The lowest BCUT2D eigenvalue weighted by Crippen LogP contribution is -2.32. The van der Waals surface area contributed by atoms with Crippen LogP contribution in [0.1, 0.15) is 44.4 Å². The van der Waals surface area contributed by atoms with Gasteiger partial charge >= 0.3 is 5.97 Å². The van der Waals surface area contributed by atoms with Crippen molar-refractivity contribution < 1.29 is 19.0 Å². The van der Waals surface area contributed by atoms with Crippen LogP contribution in [0, 0.1) is 5.82 Å². The fourth-order valence-corrected chi connectivity index (χ4v) is 5.01. The third-order valence-electron chi connectivity index (χ3n) is 6.51. The molecule has 2 atom stereocenters. The summed E-state index contributed by atoms with van der Waals surface area (Å²) in [7, 11) is 0. The minimum absolute atomic E-state index is 0.0435. The van der Waals surface area contributed by atoms with Gasteiger partial charge in [0.05, 0.1) is 23.7 Å². The molecule has 160 valence electrons. The summed E-state index contributed by atoms with van der Waals surface area (Å²) in [5, 5.41) is 11.1. The highest BCUT2D eigenvalue weighted by atomic mass is 19.1. The van der Waals surface area contributed by atoms with Crippen molar-refractivity contribution in [3.05, 3.63) is 65.6 Å². The average molecular weight is 419 g/mol. The Morgan fingerprint density at radius 2 is 1.97 bits per heavy atom. The first-order valence-corrected chi connectivity index (χ1v) is 10.8. The summed E-state index contributed by atoms with van der Waals surface area (Å²) >= 11 is 0. The number of carbonyl (C=O) groups excluding carboxylic acids is 1. The molecule has 4 nitrogen and oxygen atoms in total. The summed E-state index contributed by atoms with van der Waals surface area (Å²) in [6.45, 7) is 4.47. The molecule has 2 aliphatic heterocycles. The molecule has 2 unspecified atom stereocenters. The number of aryl methyl sites for hydroxylation is 1. The predicted octanol–water partition coefficient (Wildman–Crippen LogP) is 5.21. The minimum atomic E-state index is -0.680. The van der Waals surface area contributed by atoms with Crippen LogP contribution in [-0.4, -0.2) is 27.9 Å². The van der Waals surface area contributed by atoms with E-state index in [9.17, 15) is 14.3 Å². The Kier molecular flexibility index (Phi) is 4.74. The molecule has 1 fully saturated rings. The van der Waals surface area contributed by atoms with E-state index in [1.54, 1.807) is 0 Å². The zero-order valence-corrected chi connectivity index (χ0v) is 17.8. The van der Waals surface area contributed by atoms with Gasteiger partial charge in [0.1, 0.15) is 11.9 Å². The number of aliphatic hydroxyl groups is 1. The molecule has 0 spiro atoms. The number of aliphatic hydroxyl groups excluding tert-OH is 1. The smallest absolute Gasteiger partial charge is 0.309 e. The van der Waals surface area contributed by atoms with Gasteiger partial charge in [0.25, 0.3) is 0 Å². The number of halogens is 1. The highest BCUT2D eigenvalue weighted by molar-refractivity contribution is 6.02. The Hall–Kier alpha value is -2.92. The number of nitrogens with zero attached hydrogens (tertiary/aromatic N) is 1. The molecule has 0 bridgehead atoms. The monoisotopic (exact) mass is 419 g/mol. The second kappa shape index (κ2) is 7.34. The van der Waals surface area contributed by atoms with Gasteiger partial charge in [-0.3, -0.25) is 4.79 Å². The normalized spacial score (nSPS) is 22.8. The van der Waals surface area contributed by atoms with Crippen LogP contribution in [0.2, 0.25) is 0 Å². The van der Waals surface area contributed by atoms with Crippen molar-refractivity contribution in [3.8, 4) is 11.1 Å². The second-order valence-corrected chi connectivity index (χ2v) is 9.21. The molecule has 2 aromatic carbocycles. The van der Waals surface area contributed by atoms with Crippen LogP contribution >= 0.6 is 0 Å². The summed E-state index contributed by atoms with van der Waals surface area (Å²) in [6.07, 6.45) is 5.18. The van der Waals surface area contributed by atoms with Gasteiger partial charge < -0.3 is 14.4 Å². The summed E-state index contributed by atoms with van der Waals surface area (Å²) in [5.74, 6) is -0.644. The number of para-hydroxylation sites is 1. The largest absolute Gasteiger partial charge is 0.458 e. The average Bonchev–Trinajstić information content (AvgIpc) is 3.06. The summed E-state index contributed by atoms with van der Waals surface area (Å²) < 4.78 is 21.5. The van der Waals surface area contributed by atoms with Crippen molar-refractivity contribution in [1.82, 2.24) is 4.57 Å². The number of hydrogen-bond donors (Lipinski definition) is 1. The number of carbonyl (C=O) groups is 1. The zero-order valence-electron chi connectivity index (χ0n) is 17.8. The molecule has 0 radical (unpaired) electrons.